The van der Waals surface area contributed by atoms with E-state index in [1.54, 1.807) is 0 Å². The number of aromatic nitrogens is 2. The summed E-state index contributed by atoms with van der Waals surface area (Å²) in [5, 5.41) is 2.63. The SMILES string of the molecule is NC(=O)CNc1cc(C(N)=O)nc(N2CCN(c3cccc(OC(F)(F)F)c3)C(=O)C2)n1. The Morgan fingerprint density at radius 2 is 1.91 bits per heavy atom. The second kappa shape index (κ2) is 8.95. The lowest BCUT2D eigenvalue weighted by Crippen LogP contribution is -2.51. The van der Waals surface area contributed by atoms with E-state index in [-0.39, 0.29) is 49.3 Å². The van der Waals surface area contributed by atoms with E-state index >= 15 is 0 Å². The summed E-state index contributed by atoms with van der Waals surface area (Å²) >= 11 is 0. The van der Waals surface area contributed by atoms with Gasteiger partial charge in [0.05, 0.1) is 6.54 Å². The molecule has 1 aliphatic rings. The molecule has 0 spiro atoms. The van der Waals surface area contributed by atoms with E-state index in [9.17, 15) is 27.6 Å². The second-order valence-electron chi connectivity index (χ2n) is 6.63. The van der Waals surface area contributed by atoms with E-state index in [4.69, 9.17) is 11.5 Å². The quantitative estimate of drug-likeness (QED) is 0.538. The third-order valence-electron chi connectivity index (χ3n) is 4.28. The highest BCUT2D eigenvalue weighted by molar-refractivity contribution is 5.98. The maximum absolute atomic E-state index is 12.7. The van der Waals surface area contributed by atoms with Crippen molar-refractivity contribution in [3.8, 4) is 5.75 Å². The molecule has 2 heterocycles. The minimum absolute atomic E-state index is 0.00965. The van der Waals surface area contributed by atoms with E-state index in [2.05, 4.69) is 20.0 Å². The van der Waals surface area contributed by atoms with Gasteiger partial charge in [-0.05, 0) is 12.1 Å². The summed E-state index contributed by atoms with van der Waals surface area (Å²) in [6, 6.07) is 6.29. The van der Waals surface area contributed by atoms with Crippen LogP contribution in [0, 0.1) is 0 Å². The molecule has 1 aromatic heterocycles. The smallest absolute Gasteiger partial charge is 0.406 e. The number of hydrogen-bond donors (Lipinski definition) is 3. The van der Waals surface area contributed by atoms with Gasteiger partial charge in [0, 0.05) is 30.9 Å². The first-order chi connectivity index (χ1) is 15.0. The fourth-order valence-corrected chi connectivity index (χ4v) is 2.94. The van der Waals surface area contributed by atoms with Crippen LogP contribution in [0.4, 0.5) is 30.6 Å². The van der Waals surface area contributed by atoms with Crippen molar-refractivity contribution in [2.45, 2.75) is 6.36 Å². The topological polar surface area (TPSA) is 157 Å². The highest BCUT2D eigenvalue weighted by atomic mass is 19.4. The number of hydrogen-bond acceptors (Lipinski definition) is 8. The van der Waals surface area contributed by atoms with Crippen LogP contribution in [0.1, 0.15) is 10.5 Å². The number of halogens is 3. The highest BCUT2D eigenvalue weighted by Gasteiger charge is 2.32. The van der Waals surface area contributed by atoms with Crippen molar-refractivity contribution in [2.75, 3.05) is 41.3 Å². The first-order valence-corrected chi connectivity index (χ1v) is 9.14. The number of nitrogens with two attached hydrogens (primary N) is 2. The summed E-state index contributed by atoms with van der Waals surface area (Å²) in [5.41, 5.74) is 10.5. The number of nitrogens with zero attached hydrogens (tertiary/aromatic N) is 4. The minimum atomic E-state index is -4.86. The predicted molar refractivity (Wildman–Crippen MR) is 106 cm³/mol. The zero-order chi connectivity index (χ0) is 23.5. The Balaban J connectivity index is 1.78. The summed E-state index contributed by atoms with van der Waals surface area (Å²) in [6.07, 6.45) is -4.86. The molecule has 0 unspecified atom stereocenters. The molecule has 0 bridgehead atoms. The van der Waals surface area contributed by atoms with Crippen LogP contribution >= 0.6 is 0 Å². The van der Waals surface area contributed by atoms with Gasteiger partial charge in [-0.25, -0.2) is 4.98 Å². The lowest BCUT2D eigenvalue weighted by molar-refractivity contribution is -0.274. The molecule has 1 fully saturated rings. The van der Waals surface area contributed by atoms with Crippen molar-refractivity contribution < 1.29 is 32.3 Å². The number of rotatable bonds is 7. The fourth-order valence-electron chi connectivity index (χ4n) is 2.94. The van der Waals surface area contributed by atoms with Crippen LogP contribution in [0.2, 0.25) is 0 Å². The van der Waals surface area contributed by atoms with Crippen molar-refractivity contribution in [1.82, 2.24) is 9.97 Å². The molecule has 32 heavy (non-hydrogen) atoms. The summed E-state index contributed by atoms with van der Waals surface area (Å²) in [5.74, 6) is -2.29. The first-order valence-electron chi connectivity index (χ1n) is 9.14. The van der Waals surface area contributed by atoms with E-state index in [0.29, 0.717) is 0 Å². The lowest BCUT2D eigenvalue weighted by atomic mass is 10.2. The minimum Gasteiger partial charge on any atom is -0.406 e. The van der Waals surface area contributed by atoms with E-state index < -0.39 is 29.8 Å². The van der Waals surface area contributed by atoms with Gasteiger partial charge in [0.2, 0.25) is 17.8 Å². The number of piperazine rings is 1. The molecular weight excluding hydrogens is 435 g/mol. The van der Waals surface area contributed by atoms with Crippen LogP contribution < -0.4 is 31.3 Å². The van der Waals surface area contributed by atoms with E-state index in [0.717, 1.165) is 12.1 Å². The van der Waals surface area contributed by atoms with Crippen molar-refractivity contribution in [1.29, 1.82) is 0 Å². The van der Waals surface area contributed by atoms with Crippen molar-refractivity contribution in [3.05, 3.63) is 36.0 Å². The van der Waals surface area contributed by atoms with Gasteiger partial charge >= 0.3 is 6.36 Å². The van der Waals surface area contributed by atoms with E-state index in [1.165, 1.54) is 28.0 Å². The molecule has 11 nitrogen and oxygen atoms in total. The van der Waals surface area contributed by atoms with Gasteiger partial charge in [-0.15, -0.1) is 13.2 Å². The van der Waals surface area contributed by atoms with Gasteiger partial charge < -0.3 is 31.3 Å². The summed E-state index contributed by atoms with van der Waals surface area (Å²) < 4.78 is 41.3. The summed E-state index contributed by atoms with van der Waals surface area (Å²) in [6.45, 7) is -0.171. The Kier molecular flexibility index (Phi) is 6.32. The summed E-state index contributed by atoms with van der Waals surface area (Å²) in [7, 11) is 0. The molecule has 0 aliphatic carbocycles. The third kappa shape index (κ3) is 5.74. The zero-order valence-electron chi connectivity index (χ0n) is 16.4. The van der Waals surface area contributed by atoms with Crippen LogP contribution in [-0.2, 0) is 9.59 Å². The number of primary amides is 2. The number of anilines is 3. The molecule has 170 valence electrons. The second-order valence-corrected chi connectivity index (χ2v) is 6.63. The average molecular weight is 453 g/mol. The molecule has 3 amide bonds. The molecular formula is C18H18F3N7O4. The summed E-state index contributed by atoms with van der Waals surface area (Å²) in [4.78, 5) is 46.2. The number of alkyl halides is 3. The molecule has 2 aromatic rings. The number of carbonyl (C=O) groups excluding carboxylic acids is 3. The largest absolute Gasteiger partial charge is 0.573 e. The Bertz CT molecular complexity index is 1050. The van der Waals surface area contributed by atoms with Gasteiger partial charge in [0.25, 0.3) is 5.91 Å². The van der Waals surface area contributed by atoms with Gasteiger partial charge in [0.1, 0.15) is 23.8 Å². The van der Waals surface area contributed by atoms with Crippen LogP contribution in [0.5, 0.6) is 5.75 Å². The lowest BCUT2D eigenvalue weighted by Gasteiger charge is -2.34. The van der Waals surface area contributed by atoms with Crippen molar-refractivity contribution >= 4 is 35.2 Å². The van der Waals surface area contributed by atoms with Crippen molar-refractivity contribution in [3.63, 3.8) is 0 Å². The molecule has 5 N–H and O–H groups in total. The van der Waals surface area contributed by atoms with Gasteiger partial charge in [0.15, 0.2) is 0 Å². The van der Waals surface area contributed by atoms with Crippen LogP contribution in [-0.4, -0.2) is 60.2 Å². The Hall–Kier alpha value is -4.10. The first kappa shape index (κ1) is 22.6. The van der Waals surface area contributed by atoms with Gasteiger partial charge in [-0.3, -0.25) is 14.4 Å². The normalized spacial score (nSPS) is 14.3. The standard InChI is InChI=1S/C18H18F3N7O4/c19-18(20,21)32-11-3-1-2-10(6-11)28-5-4-27(9-15(28)30)17-25-12(16(23)31)7-14(26-17)24-8-13(22)29/h1-3,6-7H,4-5,8-9H2,(H2,22,29)(H2,23,31)(H,24,25,26). The Labute approximate surface area is 179 Å². The highest BCUT2D eigenvalue weighted by Crippen LogP contribution is 2.28. The van der Waals surface area contributed by atoms with Crippen LogP contribution in [0.15, 0.2) is 30.3 Å². The predicted octanol–water partition coefficient (Wildman–Crippen LogP) is 0.224. The van der Waals surface area contributed by atoms with Gasteiger partial charge in [-0.1, -0.05) is 6.07 Å². The van der Waals surface area contributed by atoms with Crippen LogP contribution in [0.25, 0.3) is 0 Å². The molecule has 0 atom stereocenters. The average Bonchev–Trinajstić information content (AvgIpc) is 2.71. The Morgan fingerprint density at radius 1 is 1.16 bits per heavy atom. The third-order valence-corrected chi connectivity index (χ3v) is 4.28. The number of amides is 3. The van der Waals surface area contributed by atoms with Gasteiger partial charge in [-0.2, -0.15) is 4.98 Å². The Morgan fingerprint density at radius 3 is 2.53 bits per heavy atom. The van der Waals surface area contributed by atoms with Crippen molar-refractivity contribution in [2.24, 2.45) is 11.5 Å². The monoisotopic (exact) mass is 453 g/mol. The molecule has 1 aromatic carbocycles. The molecule has 1 aliphatic heterocycles. The number of benzene rings is 1. The maximum atomic E-state index is 12.7. The fraction of sp³-hybridized carbons (Fsp3) is 0.278. The number of carbonyl (C=O) groups is 3. The van der Waals surface area contributed by atoms with Crippen LogP contribution in [0.3, 0.4) is 0 Å². The molecule has 14 heteroatoms. The molecule has 0 saturated carbocycles. The molecule has 1 saturated heterocycles. The number of ether oxygens (including phenoxy) is 1. The zero-order valence-corrected chi connectivity index (χ0v) is 16.4. The molecule has 3 rings (SSSR count). The number of nitrogens with one attached hydrogen (secondary N) is 1. The maximum Gasteiger partial charge on any atom is 0.573 e. The van der Waals surface area contributed by atoms with E-state index in [1.807, 2.05) is 0 Å². The molecule has 0 radical (unpaired) electrons.